The molecule has 0 aliphatic carbocycles. The van der Waals surface area contributed by atoms with Crippen LogP contribution in [0.1, 0.15) is 45.4 Å². The molecule has 0 saturated heterocycles. The van der Waals surface area contributed by atoms with Crippen molar-refractivity contribution in [2.75, 3.05) is 27.7 Å². The van der Waals surface area contributed by atoms with Crippen molar-refractivity contribution in [3.05, 3.63) is 72.9 Å². The van der Waals surface area contributed by atoms with Gasteiger partial charge in [0.1, 0.15) is 6.54 Å². The van der Waals surface area contributed by atoms with E-state index in [2.05, 4.69) is 0 Å². The van der Waals surface area contributed by atoms with Gasteiger partial charge in [-0.3, -0.25) is 4.79 Å². The van der Waals surface area contributed by atoms with Crippen LogP contribution in [-0.2, 0) is 14.3 Å². The van der Waals surface area contributed by atoms with Crippen molar-refractivity contribution in [3.63, 3.8) is 0 Å². The number of carboxylic acids is 1. The number of rotatable bonds is 19. The Balaban J connectivity index is 4.30. The van der Waals surface area contributed by atoms with Gasteiger partial charge in [-0.25, -0.2) is 0 Å². The van der Waals surface area contributed by atoms with Crippen molar-refractivity contribution in [1.29, 1.82) is 0 Å². The van der Waals surface area contributed by atoms with Crippen LogP contribution in [0.2, 0.25) is 0 Å². The van der Waals surface area contributed by atoms with Gasteiger partial charge in [0.15, 0.2) is 6.10 Å². The standard InChI is InChI=1S/C29H45NO7/c1-5-6-12-17-24(31)18-13-9-7-8-10-14-19-26(32)27(33)20-15-11-16-21-29(36)37-25(22-28(34)35)23-30(2,3)4/h6-15,18-19,24-27,31-33H,5,16-17,20-23H2,1-4H3/b9-7+,10-8+,12-6+,15-11+,18-13+,19-14+. The SMILES string of the molecule is CC/C=C/CC(O)/C=C/C=C/C=C/C=C/C(O)C(O)C/C=C/CCC(=O)OC(CC(=O)[O-])C[N+](C)(C)C. The molecule has 37 heavy (non-hydrogen) atoms. The molecule has 0 aromatic carbocycles. The zero-order valence-electron chi connectivity index (χ0n) is 22.6. The summed E-state index contributed by atoms with van der Waals surface area (Å²) in [5.41, 5.74) is 0. The van der Waals surface area contributed by atoms with E-state index in [1.54, 1.807) is 54.7 Å². The number of quaternary nitrogens is 1. The quantitative estimate of drug-likeness (QED) is 0.103. The summed E-state index contributed by atoms with van der Waals surface area (Å²) in [4.78, 5) is 22.9. The predicted octanol–water partition coefficient (Wildman–Crippen LogP) is 2.13. The molecule has 208 valence electrons. The topological polar surface area (TPSA) is 127 Å². The fourth-order valence-corrected chi connectivity index (χ4v) is 3.12. The lowest BCUT2D eigenvalue weighted by molar-refractivity contribution is -0.873. The van der Waals surface area contributed by atoms with Crippen LogP contribution >= 0.6 is 0 Å². The van der Waals surface area contributed by atoms with Crippen molar-refractivity contribution < 1.29 is 39.2 Å². The number of nitrogens with zero attached hydrogens (tertiary/aromatic N) is 1. The van der Waals surface area contributed by atoms with Crippen LogP contribution in [0, 0.1) is 0 Å². The first-order valence-electron chi connectivity index (χ1n) is 12.7. The summed E-state index contributed by atoms with van der Waals surface area (Å²) in [6, 6.07) is 0. The molecule has 8 nitrogen and oxygen atoms in total. The maximum absolute atomic E-state index is 12.0. The fraction of sp³-hybridized carbons (Fsp3) is 0.517. The van der Waals surface area contributed by atoms with E-state index in [1.165, 1.54) is 6.08 Å². The highest BCUT2D eigenvalue weighted by Crippen LogP contribution is 2.08. The Hall–Kier alpha value is -2.78. The van der Waals surface area contributed by atoms with Crippen molar-refractivity contribution >= 4 is 11.9 Å². The van der Waals surface area contributed by atoms with E-state index in [4.69, 9.17) is 4.74 Å². The molecule has 0 aliphatic heterocycles. The first-order valence-corrected chi connectivity index (χ1v) is 12.7. The third kappa shape index (κ3) is 22.2. The Morgan fingerprint density at radius 2 is 1.46 bits per heavy atom. The van der Waals surface area contributed by atoms with Crippen molar-refractivity contribution in [3.8, 4) is 0 Å². The van der Waals surface area contributed by atoms with E-state index in [-0.39, 0.29) is 19.3 Å². The minimum Gasteiger partial charge on any atom is -0.550 e. The van der Waals surface area contributed by atoms with E-state index in [0.717, 1.165) is 6.42 Å². The maximum atomic E-state index is 12.0. The number of carbonyl (C=O) groups excluding carboxylic acids is 2. The van der Waals surface area contributed by atoms with Gasteiger partial charge in [-0.1, -0.05) is 79.8 Å². The third-order valence-corrected chi connectivity index (χ3v) is 4.87. The largest absolute Gasteiger partial charge is 0.550 e. The third-order valence-electron chi connectivity index (χ3n) is 4.87. The van der Waals surface area contributed by atoms with Gasteiger partial charge in [0.25, 0.3) is 0 Å². The lowest BCUT2D eigenvalue weighted by atomic mass is 10.1. The number of hydrogen-bond donors (Lipinski definition) is 3. The molecule has 0 bridgehead atoms. The Morgan fingerprint density at radius 3 is 2.05 bits per heavy atom. The molecular weight excluding hydrogens is 474 g/mol. The molecule has 3 N–H and O–H groups in total. The van der Waals surface area contributed by atoms with E-state index >= 15 is 0 Å². The van der Waals surface area contributed by atoms with Gasteiger partial charge >= 0.3 is 5.97 Å². The van der Waals surface area contributed by atoms with Gasteiger partial charge in [0.2, 0.25) is 0 Å². The summed E-state index contributed by atoms with van der Waals surface area (Å²) >= 11 is 0. The molecule has 0 radical (unpaired) electrons. The number of allylic oxidation sites excluding steroid dienone is 8. The zero-order chi connectivity index (χ0) is 28.1. The summed E-state index contributed by atoms with van der Waals surface area (Å²) in [5, 5.41) is 40.7. The van der Waals surface area contributed by atoms with Gasteiger partial charge in [0, 0.05) is 18.8 Å². The normalized spacial score (nSPS) is 16.5. The fourth-order valence-electron chi connectivity index (χ4n) is 3.12. The zero-order valence-corrected chi connectivity index (χ0v) is 22.6. The molecule has 0 saturated carbocycles. The highest BCUT2D eigenvalue weighted by atomic mass is 16.5. The highest BCUT2D eigenvalue weighted by molar-refractivity contribution is 5.71. The van der Waals surface area contributed by atoms with E-state index < -0.39 is 36.4 Å². The number of ether oxygens (including phenoxy) is 1. The molecule has 0 spiro atoms. The van der Waals surface area contributed by atoms with Gasteiger partial charge in [-0.2, -0.15) is 0 Å². The van der Waals surface area contributed by atoms with Crippen LogP contribution in [0.4, 0.5) is 0 Å². The molecule has 0 rings (SSSR count). The number of aliphatic hydroxyl groups excluding tert-OH is 3. The summed E-state index contributed by atoms with van der Waals surface area (Å²) < 4.78 is 5.73. The van der Waals surface area contributed by atoms with Crippen LogP contribution in [-0.4, -0.2) is 83.8 Å². The number of aliphatic hydroxyl groups is 3. The van der Waals surface area contributed by atoms with Crippen molar-refractivity contribution in [2.45, 2.75) is 69.9 Å². The van der Waals surface area contributed by atoms with E-state index in [0.29, 0.717) is 23.9 Å². The second-order valence-electron chi connectivity index (χ2n) is 9.69. The number of carbonyl (C=O) groups is 2. The van der Waals surface area contributed by atoms with E-state index in [1.807, 2.05) is 40.2 Å². The Labute approximate surface area is 221 Å². The number of esters is 1. The van der Waals surface area contributed by atoms with Crippen LogP contribution < -0.4 is 5.11 Å². The Bertz CT molecular complexity index is 819. The first kappa shape index (κ1) is 34.2. The number of likely N-dealkylation sites (N-methyl/N-ethyl adjacent to an activating group) is 1. The maximum Gasteiger partial charge on any atom is 0.306 e. The molecule has 4 unspecified atom stereocenters. The molecular formula is C29H45NO7. The Morgan fingerprint density at radius 1 is 0.865 bits per heavy atom. The molecule has 0 heterocycles. The lowest BCUT2D eigenvalue weighted by Gasteiger charge is -2.29. The van der Waals surface area contributed by atoms with Gasteiger partial charge in [-0.05, 0) is 25.7 Å². The molecule has 0 aromatic heterocycles. The summed E-state index contributed by atoms with van der Waals surface area (Å²) in [6.45, 7) is 2.40. The van der Waals surface area contributed by atoms with Gasteiger partial charge in [0.05, 0.1) is 39.5 Å². The predicted molar refractivity (Wildman–Crippen MR) is 144 cm³/mol. The van der Waals surface area contributed by atoms with Crippen LogP contribution in [0.25, 0.3) is 0 Å². The first-order chi connectivity index (χ1) is 17.4. The minimum atomic E-state index is -1.26. The van der Waals surface area contributed by atoms with Crippen LogP contribution in [0.15, 0.2) is 72.9 Å². The Kier molecular flexibility index (Phi) is 18.8. The van der Waals surface area contributed by atoms with Crippen molar-refractivity contribution in [1.82, 2.24) is 0 Å². The molecule has 0 aliphatic rings. The average Bonchev–Trinajstić information content (AvgIpc) is 2.78. The van der Waals surface area contributed by atoms with E-state index in [9.17, 15) is 30.0 Å². The number of aliphatic carboxylic acids is 1. The molecule has 0 amide bonds. The lowest BCUT2D eigenvalue weighted by Crippen LogP contribution is -2.45. The summed E-state index contributed by atoms with van der Waals surface area (Å²) in [6.07, 6.45) is 19.5. The second kappa shape index (κ2) is 20.3. The molecule has 4 atom stereocenters. The monoisotopic (exact) mass is 519 g/mol. The summed E-state index contributed by atoms with van der Waals surface area (Å²) in [7, 11) is 5.63. The highest BCUT2D eigenvalue weighted by Gasteiger charge is 2.22. The number of hydrogen-bond acceptors (Lipinski definition) is 7. The van der Waals surface area contributed by atoms with Gasteiger partial charge < -0.3 is 34.4 Å². The van der Waals surface area contributed by atoms with Crippen LogP contribution in [0.5, 0.6) is 0 Å². The summed E-state index contributed by atoms with van der Waals surface area (Å²) in [5.74, 6) is -1.76. The van der Waals surface area contributed by atoms with Crippen LogP contribution in [0.3, 0.4) is 0 Å². The molecule has 8 heteroatoms. The molecule has 0 aromatic rings. The minimum absolute atomic E-state index is 0.0815. The van der Waals surface area contributed by atoms with Crippen molar-refractivity contribution in [2.24, 2.45) is 0 Å². The smallest absolute Gasteiger partial charge is 0.306 e. The average molecular weight is 520 g/mol. The van der Waals surface area contributed by atoms with Gasteiger partial charge in [-0.15, -0.1) is 0 Å². The molecule has 0 fully saturated rings. The second-order valence-corrected chi connectivity index (χ2v) is 9.69. The number of carboxylic acid groups (broad SMARTS) is 1.